The fourth-order valence-corrected chi connectivity index (χ4v) is 5.16. The molecule has 1 aliphatic rings. The minimum atomic E-state index is -3.32. The number of hydrogen-bond donors (Lipinski definition) is 1. The van der Waals surface area contributed by atoms with E-state index in [4.69, 9.17) is 5.73 Å². The monoisotopic (exact) mass is 317 g/mol. The van der Waals surface area contributed by atoms with Gasteiger partial charge in [0.25, 0.3) is 0 Å². The Balaban J connectivity index is 2.21. The molecule has 0 aromatic carbocycles. The molecule has 1 aromatic heterocycles. The molecule has 1 unspecified atom stereocenters. The van der Waals surface area contributed by atoms with E-state index >= 15 is 0 Å². The van der Waals surface area contributed by atoms with Crippen LogP contribution in [0.5, 0.6) is 0 Å². The first-order valence-electron chi connectivity index (χ1n) is 7.13. The number of nitrogen functional groups attached to an aromatic ring is 1. The molecule has 1 aromatic rings. The van der Waals surface area contributed by atoms with Crippen LogP contribution in [-0.2, 0) is 9.84 Å². The molecule has 0 radical (unpaired) electrons. The highest BCUT2D eigenvalue weighted by Gasteiger charge is 2.26. The summed E-state index contributed by atoms with van der Waals surface area (Å²) in [6.45, 7) is 4.01. The summed E-state index contributed by atoms with van der Waals surface area (Å²) in [5.41, 5.74) is 5.74. The zero-order valence-corrected chi connectivity index (χ0v) is 13.8. The SMILES string of the molecule is CCCC1CCCN(c2snc(N)c2S(C)(=O)=O)CC1. The first-order valence-corrected chi connectivity index (χ1v) is 9.80. The van der Waals surface area contributed by atoms with Gasteiger partial charge in [-0.15, -0.1) is 0 Å². The molecule has 0 spiro atoms. The number of anilines is 2. The maximum absolute atomic E-state index is 11.9. The predicted octanol–water partition coefficient (Wildman–Crippen LogP) is 2.54. The van der Waals surface area contributed by atoms with Gasteiger partial charge in [-0.2, -0.15) is 4.37 Å². The normalized spacial score (nSPS) is 20.9. The number of sulfone groups is 1. The van der Waals surface area contributed by atoms with Crippen LogP contribution in [0.15, 0.2) is 4.90 Å². The molecule has 114 valence electrons. The summed E-state index contributed by atoms with van der Waals surface area (Å²) in [5.74, 6) is 0.902. The zero-order valence-electron chi connectivity index (χ0n) is 12.1. The third kappa shape index (κ3) is 3.44. The van der Waals surface area contributed by atoms with E-state index < -0.39 is 9.84 Å². The first kappa shape index (κ1) is 15.6. The van der Waals surface area contributed by atoms with Crippen LogP contribution in [0.1, 0.15) is 39.0 Å². The molecule has 1 fully saturated rings. The molecule has 2 N–H and O–H groups in total. The van der Waals surface area contributed by atoms with Crippen molar-refractivity contribution < 1.29 is 8.42 Å². The topological polar surface area (TPSA) is 76.3 Å². The van der Waals surface area contributed by atoms with Crippen molar-refractivity contribution >= 4 is 32.2 Å². The first-order chi connectivity index (χ1) is 9.43. The highest BCUT2D eigenvalue weighted by atomic mass is 32.2. The molecule has 2 heterocycles. The maximum atomic E-state index is 11.9. The summed E-state index contributed by atoms with van der Waals surface area (Å²) in [5, 5.41) is 0.724. The van der Waals surface area contributed by atoms with Gasteiger partial charge in [0.15, 0.2) is 15.7 Å². The second-order valence-corrected chi connectivity index (χ2v) is 8.25. The number of rotatable bonds is 4. The fraction of sp³-hybridized carbons (Fsp3) is 0.769. The Morgan fingerprint density at radius 3 is 2.80 bits per heavy atom. The number of aromatic nitrogens is 1. The zero-order chi connectivity index (χ0) is 14.8. The van der Waals surface area contributed by atoms with Crippen molar-refractivity contribution in [3.63, 3.8) is 0 Å². The summed E-state index contributed by atoms with van der Waals surface area (Å²) in [7, 11) is -3.32. The fourth-order valence-electron chi connectivity index (χ4n) is 2.90. The van der Waals surface area contributed by atoms with Crippen molar-refractivity contribution in [3.05, 3.63) is 0 Å². The van der Waals surface area contributed by atoms with E-state index in [1.165, 1.54) is 37.1 Å². The van der Waals surface area contributed by atoms with Crippen LogP contribution < -0.4 is 10.6 Å². The average Bonchev–Trinajstić information content (AvgIpc) is 2.60. The molecule has 0 aliphatic carbocycles. The Hall–Kier alpha value is -0.820. The Kier molecular flexibility index (Phi) is 4.90. The lowest BCUT2D eigenvalue weighted by molar-refractivity contribution is 0.435. The van der Waals surface area contributed by atoms with E-state index in [2.05, 4.69) is 16.2 Å². The van der Waals surface area contributed by atoms with E-state index in [-0.39, 0.29) is 10.7 Å². The minimum absolute atomic E-state index is 0.141. The molecule has 0 bridgehead atoms. The summed E-state index contributed by atoms with van der Waals surface area (Å²) >= 11 is 1.21. The molecular weight excluding hydrogens is 294 g/mol. The van der Waals surface area contributed by atoms with Gasteiger partial charge < -0.3 is 10.6 Å². The van der Waals surface area contributed by atoms with Gasteiger partial charge in [0.05, 0.1) is 0 Å². The van der Waals surface area contributed by atoms with Crippen molar-refractivity contribution in [2.45, 2.75) is 43.9 Å². The largest absolute Gasteiger partial charge is 0.382 e. The minimum Gasteiger partial charge on any atom is -0.382 e. The van der Waals surface area contributed by atoms with Crippen LogP contribution in [0.2, 0.25) is 0 Å². The molecule has 1 saturated heterocycles. The molecule has 0 saturated carbocycles. The van der Waals surface area contributed by atoms with Crippen molar-refractivity contribution in [3.8, 4) is 0 Å². The lowest BCUT2D eigenvalue weighted by atomic mass is 9.96. The van der Waals surface area contributed by atoms with E-state index in [0.29, 0.717) is 0 Å². The highest BCUT2D eigenvalue weighted by molar-refractivity contribution is 7.91. The Morgan fingerprint density at radius 1 is 1.40 bits per heavy atom. The molecule has 2 rings (SSSR count). The van der Waals surface area contributed by atoms with Crippen LogP contribution in [0.3, 0.4) is 0 Å². The Labute approximate surface area is 125 Å². The summed E-state index contributed by atoms with van der Waals surface area (Å²) in [6.07, 6.45) is 7.13. The number of nitrogens with zero attached hydrogens (tertiary/aromatic N) is 2. The van der Waals surface area contributed by atoms with Gasteiger partial charge in [0, 0.05) is 19.3 Å². The predicted molar refractivity (Wildman–Crippen MR) is 84.1 cm³/mol. The second-order valence-electron chi connectivity index (χ2n) is 5.55. The molecule has 0 amide bonds. The summed E-state index contributed by atoms with van der Waals surface area (Å²) in [4.78, 5) is 2.37. The van der Waals surface area contributed by atoms with Crippen molar-refractivity contribution in [2.75, 3.05) is 30.0 Å². The van der Waals surface area contributed by atoms with Crippen LogP contribution in [0, 0.1) is 5.92 Å². The van der Waals surface area contributed by atoms with Crippen molar-refractivity contribution in [2.24, 2.45) is 5.92 Å². The molecular formula is C13H23N3O2S2. The van der Waals surface area contributed by atoms with Crippen LogP contribution in [-0.4, -0.2) is 32.1 Å². The molecule has 20 heavy (non-hydrogen) atoms. The van der Waals surface area contributed by atoms with Crippen molar-refractivity contribution in [1.29, 1.82) is 0 Å². The number of hydrogen-bond acceptors (Lipinski definition) is 6. The van der Waals surface area contributed by atoms with Gasteiger partial charge in [-0.3, -0.25) is 0 Å². The Bertz CT molecular complexity index is 554. The van der Waals surface area contributed by atoms with Crippen molar-refractivity contribution in [1.82, 2.24) is 4.37 Å². The molecule has 1 atom stereocenters. The van der Waals surface area contributed by atoms with E-state index in [1.54, 1.807) is 0 Å². The summed E-state index contributed by atoms with van der Waals surface area (Å²) < 4.78 is 27.8. The van der Waals surface area contributed by atoms with Gasteiger partial charge in [-0.05, 0) is 36.7 Å². The van der Waals surface area contributed by atoms with Gasteiger partial charge in [0.1, 0.15) is 9.90 Å². The maximum Gasteiger partial charge on any atom is 0.182 e. The van der Waals surface area contributed by atoms with Gasteiger partial charge in [-0.25, -0.2) is 8.42 Å². The Morgan fingerprint density at radius 2 is 2.15 bits per heavy atom. The number of nitrogens with two attached hydrogens (primary N) is 1. The van der Waals surface area contributed by atoms with E-state index in [9.17, 15) is 8.42 Å². The lowest BCUT2D eigenvalue weighted by Crippen LogP contribution is -2.25. The van der Waals surface area contributed by atoms with Crippen LogP contribution >= 0.6 is 11.5 Å². The lowest BCUT2D eigenvalue weighted by Gasteiger charge is -2.21. The van der Waals surface area contributed by atoms with E-state index in [0.717, 1.165) is 36.9 Å². The quantitative estimate of drug-likeness (QED) is 0.923. The third-order valence-corrected chi connectivity index (χ3v) is 6.06. The average molecular weight is 317 g/mol. The van der Waals surface area contributed by atoms with Crippen LogP contribution in [0.25, 0.3) is 0 Å². The van der Waals surface area contributed by atoms with Gasteiger partial charge >= 0.3 is 0 Å². The summed E-state index contributed by atoms with van der Waals surface area (Å²) in [6, 6.07) is 0. The standard InChI is InChI=1S/C13H23N3O2S2/c1-3-5-10-6-4-8-16(9-7-10)13-11(20(2,17)18)12(14)15-19-13/h10H,3-9H2,1-2H3,(H2,14,15). The second kappa shape index (κ2) is 6.30. The van der Waals surface area contributed by atoms with Gasteiger partial charge in [-0.1, -0.05) is 19.8 Å². The third-order valence-electron chi connectivity index (χ3n) is 3.86. The van der Waals surface area contributed by atoms with Crippen LogP contribution in [0.4, 0.5) is 10.8 Å². The highest BCUT2D eigenvalue weighted by Crippen LogP contribution is 2.36. The van der Waals surface area contributed by atoms with Gasteiger partial charge in [0.2, 0.25) is 0 Å². The molecule has 1 aliphatic heterocycles. The smallest absolute Gasteiger partial charge is 0.182 e. The molecule has 7 heteroatoms. The van der Waals surface area contributed by atoms with E-state index in [1.807, 2.05) is 0 Å². The molecule has 5 nitrogen and oxygen atoms in total.